The van der Waals surface area contributed by atoms with Crippen LogP contribution in [-0.4, -0.2) is 32.0 Å². The number of para-hydroxylation sites is 2. The van der Waals surface area contributed by atoms with E-state index in [4.69, 9.17) is 0 Å². The Morgan fingerprint density at radius 3 is 2.41 bits per heavy atom. The summed E-state index contributed by atoms with van der Waals surface area (Å²) in [5.74, 6) is -2.32. The van der Waals surface area contributed by atoms with Crippen molar-refractivity contribution in [1.29, 1.82) is 0 Å². The molecule has 0 saturated heterocycles. The summed E-state index contributed by atoms with van der Waals surface area (Å²) < 4.78 is 39.4. The van der Waals surface area contributed by atoms with Gasteiger partial charge in [0.1, 0.15) is 11.6 Å². The molecule has 1 atom stereocenters. The maximum absolute atomic E-state index is 13.2. The molecule has 164 valence electrons. The smallest absolute Gasteiger partial charge is 0.255 e. The molecule has 0 aliphatic carbocycles. The van der Waals surface area contributed by atoms with Gasteiger partial charge in [-0.3, -0.25) is 9.59 Å². The number of hydrogen-bond donors (Lipinski definition) is 1. The number of nitrogens with one attached hydrogen (secondary N) is 1. The zero-order chi connectivity index (χ0) is 22.9. The third-order valence-electron chi connectivity index (χ3n) is 5.37. The van der Waals surface area contributed by atoms with Gasteiger partial charge in [-0.1, -0.05) is 30.3 Å². The molecule has 0 fully saturated rings. The molecule has 0 radical (unpaired) electrons. The van der Waals surface area contributed by atoms with E-state index in [9.17, 15) is 22.4 Å². The Kier molecular flexibility index (Phi) is 5.80. The Labute approximate surface area is 185 Å². The highest BCUT2D eigenvalue weighted by atomic mass is 32.2. The number of carbonyl (C=O) groups is 2. The van der Waals surface area contributed by atoms with Crippen LogP contribution >= 0.6 is 0 Å². The molecule has 0 bridgehead atoms. The third kappa shape index (κ3) is 4.27. The van der Waals surface area contributed by atoms with Crippen LogP contribution in [0.4, 0.5) is 15.8 Å². The van der Waals surface area contributed by atoms with Crippen molar-refractivity contribution in [3.05, 3.63) is 89.7 Å². The van der Waals surface area contributed by atoms with E-state index in [1.165, 1.54) is 35.2 Å². The highest BCUT2D eigenvalue weighted by Gasteiger charge is 2.34. The van der Waals surface area contributed by atoms with Gasteiger partial charge in [-0.15, -0.1) is 0 Å². The zero-order valence-electron chi connectivity index (χ0n) is 17.3. The maximum Gasteiger partial charge on any atom is 0.255 e. The van der Waals surface area contributed by atoms with Crippen molar-refractivity contribution in [2.75, 3.05) is 16.0 Å². The number of sulfone groups is 1. The van der Waals surface area contributed by atoms with Gasteiger partial charge in [0.05, 0.1) is 10.6 Å². The van der Waals surface area contributed by atoms with Gasteiger partial charge in [0, 0.05) is 17.3 Å². The first-order valence-corrected chi connectivity index (χ1v) is 11.7. The Bertz CT molecular complexity index is 1290. The lowest BCUT2D eigenvalue weighted by atomic mass is 10.1. The maximum atomic E-state index is 13.2. The summed E-state index contributed by atoms with van der Waals surface area (Å²) in [5.41, 5.74) is 1.96. The van der Waals surface area contributed by atoms with E-state index in [1.54, 1.807) is 12.1 Å². The monoisotopic (exact) mass is 452 g/mol. The molecule has 0 aromatic heterocycles. The van der Waals surface area contributed by atoms with E-state index in [1.807, 2.05) is 25.1 Å². The lowest BCUT2D eigenvalue weighted by molar-refractivity contribution is -0.116. The van der Waals surface area contributed by atoms with Crippen molar-refractivity contribution in [2.24, 2.45) is 0 Å². The predicted molar refractivity (Wildman–Crippen MR) is 120 cm³/mol. The number of anilines is 2. The minimum absolute atomic E-state index is 0.0597. The first kappa shape index (κ1) is 21.7. The van der Waals surface area contributed by atoms with E-state index in [0.717, 1.165) is 23.4 Å². The Morgan fingerprint density at radius 1 is 1.00 bits per heavy atom. The first-order chi connectivity index (χ1) is 15.3. The van der Waals surface area contributed by atoms with Crippen LogP contribution in [0.3, 0.4) is 0 Å². The van der Waals surface area contributed by atoms with Crippen molar-refractivity contribution in [3.63, 3.8) is 0 Å². The molecule has 3 aromatic carbocycles. The number of rotatable bonds is 5. The Balaban J connectivity index is 1.58. The van der Waals surface area contributed by atoms with Gasteiger partial charge in [0.25, 0.3) is 5.91 Å². The van der Waals surface area contributed by atoms with Crippen molar-refractivity contribution in [3.8, 4) is 0 Å². The van der Waals surface area contributed by atoms with E-state index in [2.05, 4.69) is 5.32 Å². The molecule has 1 N–H and O–H groups in total. The van der Waals surface area contributed by atoms with Gasteiger partial charge in [-0.2, -0.15) is 0 Å². The highest BCUT2D eigenvalue weighted by Crippen LogP contribution is 2.32. The minimum atomic E-state index is -4.05. The van der Waals surface area contributed by atoms with Gasteiger partial charge in [0.15, 0.2) is 9.84 Å². The van der Waals surface area contributed by atoms with Crippen LogP contribution in [0.5, 0.6) is 0 Å². The zero-order valence-corrected chi connectivity index (χ0v) is 18.1. The SMILES string of the molecule is CC1Cc2ccccc2N1C(=O)CS(=O)(=O)c1ccccc1NC(=O)c1ccc(F)cc1. The Hall–Kier alpha value is -3.52. The van der Waals surface area contributed by atoms with Crippen LogP contribution < -0.4 is 10.2 Å². The van der Waals surface area contributed by atoms with Crippen molar-refractivity contribution < 1.29 is 22.4 Å². The number of halogens is 1. The molecule has 8 heteroatoms. The second-order valence-electron chi connectivity index (χ2n) is 7.66. The number of hydrogen-bond acceptors (Lipinski definition) is 4. The number of benzene rings is 3. The molecule has 2 amide bonds. The van der Waals surface area contributed by atoms with E-state index < -0.39 is 33.2 Å². The molecular weight excluding hydrogens is 431 g/mol. The fourth-order valence-electron chi connectivity index (χ4n) is 3.89. The van der Waals surface area contributed by atoms with Crippen LogP contribution in [0.2, 0.25) is 0 Å². The number of amides is 2. The van der Waals surface area contributed by atoms with Gasteiger partial charge in [-0.25, -0.2) is 12.8 Å². The first-order valence-electron chi connectivity index (χ1n) is 10.0. The van der Waals surface area contributed by atoms with E-state index in [-0.39, 0.29) is 22.2 Å². The summed E-state index contributed by atoms with van der Waals surface area (Å²) in [6.07, 6.45) is 0.659. The van der Waals surface area contributed by atoms with E-state index >= 15 is 0 Å². The molecule has 3 aromatic rings. The van der Waals surface area contributed by atoms with Crippen LogP contribution in [0.25, 0.3) is 0 Å². The molecule has 0 spiro atoms. The standard InChI is InChI=1S/C24H21FN2O4S/c1-16-14-18-6-2-4-8-21(18)27(16)23(28)15-32(30,31)22-9-5-3-7-20(22)26-24(29)17-10-12-19(25)13-11-17/h2-13,16H,14-15H2,1H3,(H,26,29). The van der Waals surface area contributed by atoms with E-state index in [0.29, 0.717) is 6.42 Å². The molecular formula is C24H21FN2O4S. The highest BCUT2D eigenvalue weighted by molar-refractivity contribution is 7.92. The van der Waals surface area contributed by atoms with Crippen molar-refractivity contribution in [2.45, 2.75) is 24.3 Å². The lowest BCUT2D eigenvalue weighted by Crippen LogP contribution is -2.39. The molecule has 0 saturated carbocycles. The second-order valence-corrected chi connectivity index (χ2v) is 9.62. The second kappa shape index (κ2) is 8.55. The van der Waals surface area contributed by atoms with Gasteiger partial charge in [0.2, 0.25) is 5.91 Å². The average Bonchev–Trinajstić information content (AvgIpc) is 3.10. The number of carbonyl (C=O) groups excluding carboxylic acids is 2. The fourth-order valence-corrected chi connectivity index (χ4v) is 5.25. The largest absolute Gasteiger partial charge is 0.321 e. The summed E-state index contributed by atoms with van der Waals surface area (Å²) in [6, 6.07) is 18.1. The number of nitrogens with zero attached hydrogens (tertiary/aromatic N) is 1. The lowest BCUT2D eigenvalue weighted by Gasteiger charge is -2.23. The molecule has 1 heterocycles. The van der Waals surface area contributed by atoms with Crippen LogP contribution in [-0.2, 0) is 21.1 Å². The number of fused-ring (bicyclic) bond motifs is 1. The molecule has 1 aliphatic heterocycles. The molecule has 32 heavy (non-hydrogen) atoms. The summed E-state index contributed by atoms with van der Waals surface area (Å²) in [5, 5.41) is 2.55. The summed E-state index contributed by atoms with van der Waals surface area (Å²) in [4.78, 5) is 26.9. The van der Waals surface area contributed by atoms with Crippen molar-refractivity contribution >= 4 is 33.0 Å². The van der Waals surface area contributed by atoms with Crippen LogP contribution in [0.1, 0.15) is 22.8 Å². The quantitative estimate of drug-likeness (QED) is 0.638. The third-order valence-corrected chi connectivity index (χ3v) is 7.02. The molecule has 1 aliphatic rings. The summed E-state index contributed by atoms with van der Waals surface area (Å²) in [7, 11) is -4.05. The van der Waals surface area contributed by atoms with Crippen molar-refractivity contribution in [1.82, 2.24) is 0 Å². The van der Waals surface area contributed by atoms with Gasteiger partial charge in [-0.05, 0) is 61.4 Å². The fraction of sp³-hybridized carbons (Fsp3) is 0.167. The summed E-state index contributed by atoms with van der Waals surface area (Å²) >= 11 is 0. The summed E-state index contributed by atoms with van der Waals surface area (Å²) in [6.45, 7) is 1.88. The Morgan fingerprint density at radius 2 is 1.66 bits per heavy atom. The van der Waals surface area contributed by atoms with Crippen LogP contribution in [0, 0.1) is 5.82 Å². The van der Waals surface area contributed by atoms with Crippen LogP contribution in [0.15, 0.2) is 77.7 Å². The topological polar surface area (TPSA) is 83.6 Å². The van der Waals surface area contributed by atoms with Gasteiger partial charge >= 0.3 is 0 Å². The molecule has 1 unspecified atom stereocenters. The molecule has 4 rings (SSSR count). The minimum Gasteiger partial charge on any atom is -0.321 e. The molecule has 6 nitrogen and oxygen atoms in total. The van der Waals surface area contributed by atoms with Gasteiger partial charge < -0.3 is 10.2 Å². The normalized spacial score (nSPS) is 15.3. The predicted octanol–water partition coefficient (Wildman–Crippen LogP) is 3.83. The average molecular weight is 453 g/mol.